The highest BCUT2D eigenvalue weighted by molar-refractivity contribution is 7.10. The smallest absolute Gasteiger partial charge is 0.0596 e. The summed E-state index contributed by atoms with van der Waals surface area (Å²) >= 11 is 1.80. The van der Waals surface area contributed by atoms with Crippen LogP contribution in [0.15, 0.2) is 11.4 Å². The lowest BCUT2D eigenvalue weighted by molar-refractivity contribution is 0.0713. The average molecular weight is 296 g/mol. The molecule has 1 saturated carbocycles. The zero-order valence-corrected chi connectivity index (χ0v) is 13.5. The Kier molecular flexibility index (Phi) is 6.02. The standard InChI is InChI=1S/C16H28N2OS/c1-12-8-11-20-16(12)15(13(2)17)18(9-10-19)14-6-4-3-5-7-14/h8,11,13-15,19H,3-7,9-10,17H2,1-2H3. The molecule has 0 spiro atoms. The highest BCUT2D eigenvalue weighted by Gasteiger charge is 2.32. The molecule has 1 aromatic rings. The van der Waals surface area contributed by atoms with Gasteiger partial charge in [-0.05, 0) is 43.7 Å². The number of aryl methyl sites for hydroxylation is 1. The molecule has 1 aliphatic carbocycles. The quantitative estimate of drug-likeness (QED) is 0.848. The lowest BCUT2D eigenvalue weighted by atomic mass is 9.91. The van der Waals surface area contributed by atoms with E-state index in [1.54, 1.807) is 11.3 Å². The first-order valence-electron chi connectivity index (χ1n) is 7.81. The van der Waals surface area contributed by atoms with Gasteiger partial charge in [0.15, 0.2) is 0 Å². The summed E-state index contributed by atoms with van der Waals surface area (Å²) < 4.78 is 0. The first kappa shape index (κ1) is 16.0. The Bertz CT molecular complexity index is 399. The second-order valence-corrected chi connectivity index (χ2v) is 6.97. The third-order valence-corrected chi connectivity index (χ3v) is 5.52. The minimum atomic E-state index is 0.0841. The van der Waals surface area contributed by atoms with E-state index in [1.807, 2.05) is 0 Å². The minimum Gasteiger partial charge on any atom is -0.395 e. The maximum Gasteiger partial charge on any atom is 0.0596 e. The predicted molar refractivity (Wildman–Crippen MR) is 86.1 cm³/mol. The van der Waals surface area contributed by atoms with E-state index in [9.17, 15) is 5.11 Å². The summed E-state index contributed by atoms with van der Waals surface area (Å²) in [7, 11) is 0. The van der Waals surface area contributed by atoms with Crippen molar-refractivity contribution in [3.8, 4) is 0 Å². The molecule has 0 aliphatic heterocycles. The van der Waals surface area contributed by atoms with Crippen molar-refractivity contribution in [3.63, 3.8) is 0 Å². The molecule has 0 radical (unpaired) electrons. The predicted octanol–water partition coefficient (Wildman–Crippen LogP) is 3.07. The first-order chi connectivity index (χ1) is 9.65. The van der Waals surface area contributed by atoms with Crippen LogP contribution in [0.1, 0.15) is 55.5 Å². The molecule has 3 N–H and O–H groups in total. The van der Waals surface area contributed by atoms with Gasteiger partial charge >= 0.3 is 0 Å². The van der Waals surface area contributed by atoms with E-state index in [0.29, 0.717) is 6.04 Å². The zero-order valence-electron chi connectivity index (χ0n) is 12.7. The van der Waals surface area contributed by atoms with E-state index in [4.69, 9.17) is 5.73 Å². The molecule has 0 aromatic carbocycles. The summed E-state index contributed by atoms with van der Waals surface area (Å²) in [6, 6.07) is 3.08. The highest BCUT2D eigenvalue weighted by Crippen LogP contribution is 2.35. The van der Waals surface area contributed by atoms with Crippen LogP contribution in [-0.2, 0) is 0 Å². The molecular formula is C16H28N2OS. The lowest BCUT2D eigenvalue weighted by Gasteiger charge is -2.41. The summed E-state index contributed by atoms with van der Waals surface area (Å²) in [5, 5.41) is 11.6. The highest BCUT2D eigenvalue weighted by atomic mass is 32.1. The number of nitrogens with zero attached hydrogens (tertiary/aromatic N) is 1. The van der Waals surface area contributed by atoms with Gasteiger partial charge in [-0.25, -0.2) is 0 Å². The van der Waals surface area contributed by atoms with Crippen molar-refractivity contribution < 1.29 is 5.11 Å². The van der Waals surface area contributed by atoms with Gasteiger partial charge in [0.25, 0.3) is 0 Å². The molecule has 0 amide bonds. The van der Waals surface area contributed by atoms with Crippen LogP contribution in [0.5, 0.6) is 0 Å². The Labute approximate surface area is 126 Å². The van der Waals surface area contributed by atoms with E-state index < -0.39 is 0 Å². The molecule has 1 fully saturated rings. The van der Waals surface area contributed by atoms with Gasteiger partial charge in [-0.15, -0.1) is 11.3 Å². The molecule has 3 nitrogen and oxygen atoms in total. The molecule has 0 saturated heterocycles. The van der Waals surface area contributed by atoms with Crippen LogP contribution in [0.4, 0.5) is 0 Å². The molecule has 20 heavy (non-hydrogen) atoms. The van der Waals surface area contributed by atoms with Gasteiger partial charge in [0.1, 0.15) is 0 Å². The number of hydrogen-bond acceptors (Lipinski definition) is 4. The van der Waals surface area contributed by atoms with Crippen molar-refractivity contribution in [2.45, 2.75) is 64.1 Å². The number of nitrogens with two attached hydrogens (primary N) is 1. The lowest BCUT2D eigenvalue weighted by Crippen LogP contribution is -2.47. The first-order valence-corrected chi connectivity index (χ1v) is 8.69. The molecule has 0 bridgehead atoms. The zero-order chi connectivity index (χ0) is 14.5. The third-order valence-electron chi connectivity index (χ3n) is 4.43. The molecule has 1 heterocycles. The van der Waals surface area contributed by atoms with Crippen molar-refractivity contribution in [1.82, 2.24) is 4.90 Å². The Morgan fingerprint density at radius 2 is 2.10 bits per heavy atom. The summed E-state index contributed by atoms with van der Waals surface area (Å²) in [6.07, 6.45) is 6.45. The molecule has 2 rings (SSSR count). The fraction of sp³-hybridized carbons (Fsp3) is 0.750. The monoisotopic (exact) mass is 296 g/mol. The normalized spacial score (nSPS) is 20.2. The van der Waals surface area contributed by atoms with E-state index in [-0.39, 0.29) is 18.7 Å². The van der Waals surface area contributed by atoms with Crippen LogP contribution < -0.4 is 5.73 Å². The van der Waals surface area contributed by atoms with Gasteiger partial charge in [-0.3, -0.25) is 4.90 Å². The SMILES string of the molecule is Cc1ccsc1C(C(C)N)N(CCO)C1CCCCC1. The van der Waals surface area contributed by atoms with Gasteiger partial charge in [-0.1, -0.05) is 19.3 Å². The maximum atomic E-state index is 9.49. The Balaban J connectivity index is 2.25. The van der Waals surface area contributed by atoms with Crippen molar-refractivity contribution >= 4 is 11.3 Å². The molecule has 114 valence electrons. The summed E-state index contributed by atoms with van der Waals surface area (Å²) in [6.45, 7) is 5.20. The van der Waals surface area contributed by atoms with Crippen LogP contribution >= 0.6 is 11.3 Å². The second-order valence-electron chi connectivity index (χ2n) is 6.03. The van der Waals surface area contributed by atoms with Gasteiger partial charge in [-0.2, -0.15) is 0 Å². The van der Waals surface area contributed by atoms with Crippen LogP contribution in [0.25, 0.3) is 0 Å². The van der Waals surface area contributed by atoms with Crippen LogP contribution in [0, 0.1) is 6.92 Å². The fourth-order valence-electron chi connectivity index (χ4n) is 3.46. The Hall–Kier alpha value is -0.420. The second kappa shape index (κ2) is 7.55. The third kappa shape index (κ3) is 3.61. The van der Waals surface area contributed by atoms with E-state index in [0.717, 1.165) is 6.54 Å². The average Bonchev–Trinajstić information content (AvgIpc) is 2.85. The molecule has 2 unspecified atom stereocenters. The molecule has 1 aliphatic rings. The number of aliphatic hydroxyl groups is 1. The van der Waals surface area contributed by atoms with E-state index >= 15 is 0 Å². The maximum absolute atomic E-state index is 9.49. The van der Waals surface area contributed by atoms with Crippen molar-refractivity contribution in [1.29, 1.82) is 0 Å². The summed E-state index contributed by atoms with van der Waals surface area (Å²) in [4.78, 5) is 3.85. The van der Waals surface area contributed by atoms with Gasteiger partial charge in [0, 0.05) is 23.5 Å². The van der Waals surface area contributed by atoms with Gasteiger partial charge in [0.05, 0.1) is 12.6 Å². The van der Waals surface area contributed by atoms with Crippen molar-refractivity contribution in [3.05, 3.63) is 21.9 Å². The fourth-order valence-corrected chi connectivity index (χ4v) is 4.62. The van der Waals surface area contributed by atoms with Gasteiger partial charge < -0.3 is 10.8 Å². The molecule has 4 heteroatoms. The topological polar surface area (TPSA) is 49.5 Å². The number of rotatable bonds is 6. The minimum absolute atomic E-state index is 0.0841. The molecular weight excluding hydrogens is 268 g/mol. The molecule has 2 atom stereocenters. The van der Waals surface area contributed by atoms with E-state index in [1.165, 1.54) is 42.5 Å². The van der Waals surface area contributed by atoms with Crippen molar-refractivity contribution in [2.75, 3.05) is 13.2 Å². The van der Waals surface area contributed by atoms with Crippen LogP contribution in [0.3, 0.4) is 0 Å². The largest absolute Gasteiger partial charge is 0.395 e. The summed E-state index contributed by atoms with van der Waals surface area (Å²) in [5.41, 5.74) is 7.65. The number of aliphatic hydroxyl groups excluding tert-OH is 1. The Morgan fingerprint density at radius 1 is 1.40 bits per heavy atom. The van der Waals surface area contributed by atoms with E-state index in [2.05, 4.69) is 30.2 Å². The summed E-state index contributed by atoms with van der Waals surface area (Å²) in [5.74, 6) is 0. The van der Waals surface area contributed by atoms with Crippen molar-refractivity contribution in [2.24, 2.45) is 5.73 Å². The number of hydrogen-bond donors (Lipinski definition) is 2. The van der Waals surface area contributed by atoms with Crippen LogP contribution in [-0.4, -0.2) is 35.2 Å². The Morgan fingerprint density at radius 3 is 2.60 bits per heavy atom. The van der Waals surface area contributed by atoms with Crippen LogP contribution in [0.2, 0.25) is 0 Å². The molecule has 1 aromatic heterocycles. The van der Waals surface area contributed by atoms with Gasteiger partial charge in [0.2, 0.25) is 0 Å². The number of thiophene rings is 1.